The standard InChI is InChI=1S/C10H16N2OS/c13-10(9-7-14-12-11-9)8-5-3-1-2-4-6-8/h7-8,10,13H,1-6H2. The van der Waals surface area contributed by atoms with Gasteiger partial charge in [0.15, 0.2) is 0 Å². The molecule has 1 unspecified atom stereocenters. The van der Waals surface area contributed by atoms with E-state index in [0.717, 1.165) is 18.5 Å². The summed E-state index contributed by atoms with van der Waals surface area (Å²) >= 11 is 1.32. The van der Waals surface area contributed by atoms with Crippen molar-refractivity contribution < 1.29 is 5.11 Å². The third-order valence-electron chi connectivity index (χ3n) is 3.03. The zero-order valence-electron chi connectivity index (χ0n) is 8.22. The molecule has 0 aromatic carbocycles. The quantitative estimate of drug-likeness (QED) is 0.766. The van der Waals surface area contributed by atoms with Crippen LogP contribution in [-0.2, 0) is 0 Å². The summed E-state index contributed by atoms with van der Waals surface area (Å²) in [7, 11) is 0. The third-order valence-corrected chi connectivity index (χ3v) is 3.55. The molecule has 0 spiro atoms. The fourth-order valence-electron chi connectivity index (χ4n) is 2.17. The molecule has 1 atom stereocenters. The van der Waals surface area contributed by atoms with Crippen LogP contribution in [0.4, 0.5) is 0 Å². The van der Waals surface area contributed by atoms with Crippen LogP contribution in [0, 0.1) is 5.92 Å². The number of aromatic nitrogens is 2. The van der Waals surface area contributed by atoms with Crippen LogP contribution in [0.5, 0.6) is 0 Å². The predicted molar refractivity (Wildman–Crippen MR) is 56.1 cm³/mol. The predicted octanol–water partition coefficient (Wildman–Crippen LogP) is 2.54. The number of aliphatic hydroxyl groups excluding tert-OH is 1. The van der Waals surface area contributed by atoms with Gasteiger partial charge < -0.3 is 5.11 Å². The van der Waals surface area contributed by atoms with E-state index in [9.17, 15) is 5.11 Å². The second-order valence-electron chi connectivity index (χ2n) is 4.03. The van der Waals surface area contributed by atoms with Crippen molar-refractivity contribution in [1.29, 1.82) is 0 Å². The van der Waals surface area contributed by atoms with E-state index in [1.54, 1.807) is 0 Å². The van der Waals surface area contributed by atoms with Crippen molar-refractivity contribution in [3.63, 3.8) is 0 Å². The second-order valence-corrected chi connectivity index (χ2v) is 4.64. The topological polar surface area (TPSA) is 46.0 Å². The van der Waals surface area contributed by atoms with Crippen LogP contribution < -0.4 is 0 Å². The number of hydrogen-bond donors (Lipinski definition) is 1. The number of hydrogen-bond acceptors (Lipinski definition) is 4. The van der Waals surface area contributed by atoms with Gasteiger partial charge in [0.25, 0.3) is 0 Å². The molecular weight excluding hydrogens is 196 g/mol. The highest BCUT2D eigenvalue weighted by molar-refractivity contribution is 7.03. The Hall–Kier alpha value is -0.480. The summed E-state index contributed by atoms with van der Waals surface area (Å²) in [4.78, 5) is 0. The molecule has 14 heavy (non-hydrogen) atoms. The van der Waals surface area contributed by atoms with Crippen LogP contribution in [0.1, 0.15) is 50.3 Å². The molecule has 1 aromatic heterocycles. The lowest BCUT2D eigenvalue weighted by Gasteiger charge is -2.18. The molecule has 2 rings (SSSR count). The Morgan fingerprint density at radius 1 is 1.29 bits per heavy atom. The first-order chi connectivity index (χ1) is 6.88. The zero-order chi connectivity index (χ0) is 9.80. The van der Waals surface area contributed by atoms with Crippen molar-refractivity contribution in [2.24, 2.45) is 5.92 Å². The molecule has 0 saturated heterocycles. The van der Waals surface area contributed by atoms with E-state index in [4.69, 9.17) is 0 Å². The van der Waals surface area contributed by atoms with Gasteiger partial charge in [-0.15, -0.1) is 5.10 Å². The molecule has 1 heterocycles. The lowest BCUT2D eigenvalue weighted by Crippen LogP contribution is -2.12. The molecule has 1 N–H and O–H groups in total. The molecule has 3 nitrogen and oxygen atoms in total. The summed E-state index contributed by atoms with van der Waals surface area (Å²) in [6, 6.07) is 0. The minimum atomic E-state index is -0.383. The molecule has 0 aliphatic heterocycles. The minimum Gasteiger partial charge on any atom is -0.386 e. The summed E-state index contributed by atoms with van der Waals surface area (Å²) in [6.07, 6.45) is 7.03. The largest absolute Gasteiger partial charge is 0.386 e. The van der Waals surface area contributed by atoms with E-state index in [-0.39, 0.29) is 6.10 Å². The number of nitrogens with zero attached hydrogens (tertiary/aromatic N) is 2. The van der Waals surface area contributed by atoms with E-state index < -0.39 is 0 Å². The van der Waals surface area contributed by atoms with Gasteiger partial charge in [-0.1, -0.05) is 30.2 Å². The average molecular weight is 212 g/mol. The Morgan fingerprint density at radius 2 is 2.00 bits per heavy atom. The Kier molecular flexibility index (Phi) is 3.48. The molecule has 1 aliphatic rings. The van der Waals surface area contributed by atoms with Crippen molar-refractivity contribution >= 4 is 11.5 Å². The van der Waals surface area contributed by atoms with E-state index in [0.29, 0.717) is 5.92 Å². The van der Waals surface area contributed by atoms with Crippen LogP contribution in [-0.4, -0.2) is 14.7 Å². The molecule has 0 bridgehead atoms. The maximum atomic E-state index is 10.1. The van der Waals surface area contributed by atoms with E-state index in [2.05, 4.69) is 9.59 Å². The van der Waals surface area contributed by atoms with E-state index in [1.807, 2.05) is 5.38 Å². The zero-order valence-corrected chi connectivity index (χ0v) is 9.04. The van der Waals surface area contributed by atoms with Crippen molar-refractivity contribution in [1.82, 2.24) is 9.59 Å². The monoisotopic (exact) mass is 212 g/mol. The van der Waals surface area contributed by atoms with Crippen LogP contribution in [0.3, 0.4) is 0 Å². The third kappa shape index (κ3) is 2.30. The van der Waals surface area contributed by atoms with Gasteiger partial charge in [0.2, 0.25) is 0 Å². The SMILES string of the molecule is OC(c1csnn1)C1CCCCCC1. The molecule has 78 valence electrons. The minimum absolute atomic E-state index is 0.383. The van der Waals surface area contributed by atoms with Gasteiger partial charge in [0, 0.05) is 5.38 Å². The first kappa shape index (κ1) is 10.1. The van der Waals surface area contributed by atoms with Gasteiger partial charge in [0.05, 0.1) is 0 Å². The summed E-state index contributed by atoms with van der Waals surface area (Å²) in [5, 5.41) is 15.9. The molecule has 1 saturated carbocycles. The van der Waals surface area contributed by atoms with Gasteiger partial charge >= 0.3 is 0 Å². The molecule has 0 radical (unpaired) electrons. The van der Waals surface area contributed by atoms with Crippen LogP contribution >= 0.6 is 11.5 Å². The lowest BCUT2D eigenvalue weighted by molar-refractivity contribution is 0.0948. The smallest absolute Gasteiger partial charge is 0.104 e. The Morgan fingerprint density at radius 3 is 2.57 bits per heavy atom. The van der Waals surface area contributed by atoms with Gasteiger partial charge in [0.1, 0.15) is 11.8 Å². The molecule has 4 heteroatoms. The van der Waals surface area contributed by atoms with Gasteiger partial charge in [-0.25, -0.2) is 0 Å². The Labute approximate surface area is 88.3 Å². The van der Waals surface area contributed by atoms with Gasteiger partial charge in [-0.3, -0.25) is 0 Å². The molecule has 1 fully saturated rings. The fraction of sp³-hybridized carbons (Fsp3) is 0.800. The second kappa shape index (κ2) is 4.84. The first-order valence-corrected chi connectivity index (χ1v) is 6.16. The summed E-state index contributed by atoms with van der Waals surface area (Å²) in [5.41, 5.74) is 0.766. The average Bonchev–Trinajstić information content (AvgIpc) is 2.59. The van der Waals surface area contributed by atoms with Crippen molar-refractivity contribution in [2.75, 3.05) is 0 Å². The van der Waals surface area contributed by atoms with Crippen LogP contribution in [0.2, 0.25) is 0 Å². The molecular formula is C10H16N2OS. The normalized spacial score (nSPS) is 21.8. The van der Waals surface area contributed by atoms with Crippen LogP contribution in [0.15, 0.2) is 5.38 Å². The Bertz CT molecular complexity index is 255. The molecule has 0 amide bonds. The van der Waals surface area contributed by atoms with Crippen molar-refractivity contribution in [3.8, 4) is 0 Å². The molecule has 1 aromatic rings. The highest BCUT2D eigenvalue weighted by Crippen LogP contribution is 2.32. The molecule has 1 aliphatic carbocycles. The summed E-state index contributed by atoms with van der Waals surface area (Å²) < 4.78 is 3.79. The fourth-order valence-corrected chi connectivity index (χ4v) is 2.65. The van der Waals surface area contributed by atoms with Crippen LogP contribution in [0.25, 0.3) is 0 Å². The first-order valence-electron chi connectivity index (χ1n) is 5.33. The summed E-state index contributed by atoms with van der Waals surface area (Å²) in [6.45, 7) is 0. The van der Waals surface area contributed by atoms with Crippen molar-refractivity contribution in [2.45, 2.75) is 44.6 Å². The maximum absolute atomic E-state index is 10.1. The maximum Gasteiger partial charge on any atom is 0.104 e. The van der Waals surface area contributed by atoms with Crippen molar-refractivity contribution in [3.05, 3.63) is 11.1 Å². The van der Waals surface area contributed by atoms with Gasteiger partial charge in [-0.05, 0) is 30.3 Å². The number of aliphatic hydroxyl groups is 1. The number of rotatable bonds is 2. The van der Waals surface area contributed by atoms with Gasteiger partial charge in [-0.2, -0.15) is 0 Å². The van der Waals surface area contributed by atoms with E-state index >= 15 is 0 Å². The highest BCUT2D eigenvalue weighted by atomic mass is 32.1. The summed E-state index contributed by atoms with van der Waals surface area (Å²) in [5.74, 6) is 0.404. The Balaban J connectivity index is 1.99. The lowest BCUT2D eigenvalue weighted by atomic mass is 9.92. The highest BCUT2D eigenvalue weighted by Gasteiger charge is 2.23. The van der Waals surface area contributed by atoms with E-state index in [1.165, 1.54) is 37.2 Å².